The molecule has 1 aliphatic heterocycles. The van der Waals surface area contributed by atoms with Crippen molar-refractivity contribution in [3.05, 3.63) is 71.3 Å². The van der Waals surface area contributed by atoms with E-state index in [-0.39, 0.29) is 11.0 Å². The lowest BCUT2D eigenvalue weighted by Gasteiger charge is -2.45. The number of benzene rings is 2. The van der Waals surface area contributed by atoms with E-state index in [1.165, 1.54) is 23.1 Å². The minimum Gasteiger partial charge on any atom is -0.376 e. The van der Waals surface area contributed by atoms with E-state index in [0.29, 0.717) is 0 Å². The van der Waals surface area contributed by atoms with Gasteiger partial charge in [-0.05, 0) is 39.2 Å². The molecule has 0 aromatic heterocycles. The molecular weight excluding hydrogens is 306 g/mol. The summed E-state index contributed by atoms with van der Waals surface area (Å²) in [7, 11) is 0. The normalized spacial score (nSPS) is 22.7. The van der Waals surface area contributed by atoms with Gasteiger partial charge in [0.25, 0.3) is 0 Å². The van der Waals surface area contributed by atoms with E-state index in [4.69, 9.17) is 4.74 Å². The molecule has 2 aromatic rings. The third-order valence-corrected chi connectivity index (χ3v) is 5.55. The van der Waals surface area contributed by atoms with Gasteiger partial charge < -0.3 is 10.1 Å². The molecule has 1 aliphatic rings. The quantitative estimate of drug-likeness (QED) is 0.792. The molecule has 0 aliphatic carbocycles. The van der Waals surface area contributed by atoms with Crippen molar-refractivity contribution in [1.82, 2.24) is 0 Å². The second-order valence-electron chi connectivity index (χ2n) is 8.20. The van der Waals surface area contributed by atoms with Crippen molar-refractivity contribution < 1.29 is 10.1 Å². The lowest BCUT2D eigenvalue weighted by atomic mass is 9.67. The standard InChI is InChI=1S/C23H31NO/c1-19-9-11-21(12-10-19)23(14-16-25-22(2,3)18-23)13-15-24-17-20-7-5-4-6-8-20/h4-12,24H,13-18H2,1-3H3/p+1/t23-/m1/s1. The number of quaternary nitrogens is 1. The highest BCUT2D eigenvalue weighted by molar-refractivity contribution is 5.30. The molecule has 0 saturated carbocycles. The van der Waals surface area contributed by atoms with Crippen molar-refractivity contribution in [2.75, 3.05) is 13.2 Å². The SMILES string of the molecule is Cc1ccc([C@]2(CC[NH2+]Cc3ccccc3)CCOC(C)(C)C2)cc1. The van der Waals surface area contributed by atoms with Crippen molar-refractivity contribution in [3.8, 4) is 0 Å². The Hall–Kier alpha value is -1.64. The molecule has 25 heavy (non-hydrogen) atoms. The summed E-state index contributed by atoms with van der Waals surface area (Å²) >= 11 is 0. The molecule has 1 fully saturated rings. The van der Waals surface area contributed by atoms with Crippen LogP contribution in [0.3, 0.4) is 0 Å². The summed E-state index contributed by atoms with van der Waals surface area (Å²) in [4.78, 5) is 0. The van der Waals surface area contributed by atoms with E-state index >= 15 is 0 Å². The lowest BCUT2D eigenvalue weighted by Crippen LogP contribution is -2.83. The van der Waals surface area contributed by atoms with E-state index in [2.05, 4.69) is 80.7 Å². The lowest BCUT2D eigenvalue weighted by molar-refractivity contribution is -0.672. The zero-order chi connectivity index (χ0) is 17.8. The van der Waals surface area contributed by atoms with Gasteiger partial charge in [-0.15, -0.1) is 0 Å². The third-order valence-electron chi connectivity index (χ3n) is 5.55. The number of ether oxygens (including phenoxy) is 1. The van der Waals surface area contributed by atoms with Crippen LogP contribution in [0, 0.1) is 6.92 Å². The Bertz CT molecular complexity index is 662. The fraction of sp³-hybridized carbons (Fsp3) is 0.478. The molecule has 1 saturated heterocycles. The maximum absolute atomic E-state index is 6.03. The van der Waals surface area contributed by atoms with Crippen LogP contribution in [0.25, 0.3) is 0 Å². The molecule has 2 nitrogen and oxygen atoms in total. The molecule has 0 bridgehead atoms. The highest BCUT2D eigenvalue weighted by Crippen LogP contribution is 2.43. The molecule has 2 heteroatoms. The second kappa shape index (κ2) is 7.72. The van der Waals surface area contributed by atoms with Crippen molar-refractivity contribution in [2.24, 2.45) is 0 Å². The van der Waals surface area contributed by atoms with Crippen LogP contribution in [-0.4, -0.2) is 18.8 Å². The van der Waals surface area contributed by atoms with Gasteiger partial charge in [-0.25, -0.2) is 0 Å². The Morgan fingerprint density at radius 2 is 1.72 bits per heavy atom. The third kappa shape index (κ3) is 4.71. The Kier molecular flexibility index (Phi) is 5.61. The van der Waals surface area contributed by atoms with Gasteiger partial charge in [-0.2, -0.15) is 0 Å². The Balaban J connectivity index is 1.69. The highest BCUT2D eigenvalue weighted by Gasteiger charge is 2.42. The molecule has 134 valence electrons. The molecule has 0 unspecified atom stereocenters. The average molecular weight is 339 g/mol. The second-order valence-corrected chi connectivity index (χ2v) is 8.20. The summed E-state index contributed by atoms with van der Waals surface area (Å²) in [5.74, 6) is 0. The van der Waals surface area contributed by atoms with Crippen LogP contribution in [0.1, 0.15) is 49.8 Å². The average Bonchev–Trinajstić information content (AvgIpc) is 2.59. The number of rotatable bonds is 6. The highest BCUT2D eigenvalue weighted by atomic mass is 16.5. The maximum atomic E-state index is 6.03. The van der Waals surface area contributed by atoms with Crippen molar-refractivity contribution >= 4 is 0 Å². The molecule has 1 heterocycles. The topological polar surface area (TPSA) is 25.8 Å². The number of hydrogen-bond acceptors (Lipinski definition) is 1. The van der Waals surface area contributed by atoms with E-state index in [0.717, 1.165) is 32.5 Å². The van der Waals surface area contributed by atoms with Crippen molar-refractivity contribution in [2.45, 2.75) is 57.6 Å². The van der Waals surface area contributed by atoms with Crippen LogP contribution in [0.5, 0.6) is 0 Å². The molecule has 0 radical (unpaired) electrons. The van der Waals surface area contributed by atoms with Crippen LogP contribution in [-0.2, 0) is 16.7 Å². The fourth-order valence-corrected chi connectivity index (χ4v) is 4.25. The first-order valence-corrected chi connectivity index (χ1v) is 9.56. The predicted molar refractivity (Wildman–Crippen MR) is 104 cm³/mol. The summed E-state index contributed by atoms with van der Waals surface area (Å²) in [5.41, 5.74) is 4.42. The van der Waals surface area contributed by atoms with Crippen LogP contribution < -0.4 is 5.32 Å². The largest absolute Gasteiger partial charge is 0.376 e. The number of aryl methyl sites for hydroxylation is 1. The molecule has 2 aromatic carbocycles. The fourth-order valence-electron chi connectivity index (χ4n) is 4.25. The van der Waals surface area contributed by atoms with Crippen molar-refractivity contribution in [3.63, 3.8) is 0 Å². The minimum atomic E-state index is -0.0391. The summed E-state index contributed by atoms with van der Waals surface area (Å²) in [6.45, 7) is 9.71. The monoisotopic (exact) mass is 338 g/mol. The van der Waals surface area contributed by atoms with Gasteiger partial charge in [0.2, 0.25) is 0 Å². The first kappa shape index (κ1) is 18.2. The minimum absolute atomic E-state index is 0.0391. The van der Waals surface area contributed by atoms with Gasteiger partial charge in [0.15, 0.2) is 0 Å². The Labute approximate surface area is 152 Å². The molecule has 3 rings (SSSR count). The first-order chi connectivity index (χ1) is 12.0. The van der Waals surface area contributed by atoms with Gasteiger partial charge in [-0.3, -0.25) is 0 Å². The van der Waals surface area contributed by atoms with Gasteiger partial charge in [0, 0.05) is 24.0 Å². The molecule has 1 atom stereocenters. The molecule has 0 spiro atoms. The molecular formula is C23H32NO+. The van der Waals surface area contributed by atoms with E-state index in [1.54, 1.807) is 0 Å². The van der Waals surface area contributed by atoms with Gasteiger partial charge >= 0.3 is 0 Å². The van der Waals surface area contributed by atoms with Crippen molar-refractivity contribution in [1.29, 1.82) is 0 Å². The molecule has 2 N–H and O–H groups in total. The zero-order valence-electron chi connectivity index (χ0n) is 15.9. The molecule has 0 amide bonds. The first-order valence-electron chi connectivity index (χ1n) is 9.56. The van der Waals surface area contributed by atoms with Gasteiger partial charge in [-0.1, -0.05) is 60.2 Å². The summed E-state index contributed by atoms with van der Waals surface area (Å²) in [6.07, 6.45) is 3.43. The van der Waals surface area contributed by atoms with Crippen LogP contribution in [0.15, 0.2) is 54.6 Å². The Morgan fingerprint density at radius 3 is 2.40 bits per heavy atom. The number of nitrogens with two attached hydrogens (primary N) is 1. The van der Waals surface area contributed by atoms with Crippen LogP contribution in [0.4, 0.5) is 0 Å². The van der Waals surface area contributed by atoms with E-state index in [1.807, 2.05) is 0 Å². The summed E-state index contributed by atoms with van der Waals surface area (Å²) < 4.78 is 6.03. The van der Waals surface area contributed by atoms with Gasteiger partial charge in [0.1, 0.15) is 6.54 Å². The number of hydrogen-bond donors (Lipinski definition) is 1. The van der Waals surface area contributed by atoms with E-state index < -0.39 is 0 Å². The summed E-state index contributed by atoms with van der Waals surface area (Å²) in [5, 5.41) is 2.45. The maximum Gasteiger partial charge on any atom is 0.101 e. The van der Waals surface area contributed by atoms with Crippen LogP contribution in [0.2, 0.25) is 0 Å². The summed E-state index contributed by atoms with van der Waals surface area (Å²) in [6, 6.07) is 20.0. The van der Waals surface area contributed by atoms with E-state index in [9.17, 15) is 0 Å². The zero-order valence-corrected chi connectivity index (χ0v) is 15.9. The Morgan fingerprint density at radius 1 is 1.00 bits per heavy atom. The van der Waals surface area contributed by atoms with Crippen LogP contribution >= 0.6 is 0 Å². The van der Waals surface area contributed by atoms with Gasteiger partial charge in [0.05, 0.1) is 12.1 Å². The predicted octanol–water partition coefficient (Wildman–Crippen LogP) is 3.98. The smallest absolute Gasteiger partial charge is 0.101 e.